The summed E-state index contributed by atoms with van der Waals surface area (Å²) in [5, 5.41) is 3.02. The Kier molecular flexibility index (Phi) is 3.64. The Hall–Kier alpha value is -0.830. The topological polar surface area (TPSA) is 29.1 Å². The van der Waals surface area contributed by atoms with Gasteiger partial charge >= 0.3 is 0 Å². The zero-order valence-corrected chi connectivity index (χ0v) is 11.0. The lowest BCUT2D eigenvalue weighted by molar-refractivity contribution is -0.119. The van der Waals surface area contributed by atoms with Gasteiger partial charge in [0.05, 0.1) is 0 Å². The number of carbonyl (C=O) groups excluding carboxylic acids is 1. The maximum absolute atomic E-state index is 11.9. The van der Waals surface area contributed by atoms with Crippen LogP contribution in [0.1, 0.15) is 31.2 Å². The first-order chi connectivity index (χ1) is 7.66. The van der Waals surface area contributed by atoms with Gasteiger partial charge in [-0.15, -0.1) is 0 Å². The van der Waals surface area contributed by atoms with Crippen molar-refractivity contribution in [3.05, 3.63) is 28.2 Å². The van der Waals surface area contributed by atoms with E-state index < -0.39 is 0 Å². The molecular weight excluding hydrogens is 266 g/mol. The third-order valence-corrected chi connectivity index (χ3v) is 3.67. The molecule has 1 amide bonds. The molecule has 0 spiro atoms. The van der Waals surface area contributed by atoms with Crippen molar-refractivity contribution in [2.75, 3.05) is 5.32 Å². The highest BCUT2D eigenvalue weighted by molar-refractivity contribution is 9.10. The van der Waals surface area contributed by atoms with E-state index in [0.29, 0.717) is 0 Å². The molecule has 0 radical (unpaired) electrons. The third-order valence-electron chi connectivity index (χ3n) is 3.17. The van der Waals surface area contributed by atoms with Crippen LogP contribution in [-0.4, -0.2) is 5.91 Å². The van der Waals surface area contributed by atoms with Crippen molar-refractivity contribution < 1.29 is 4.79 Å². The standard InChI is InChI=1S/C13H16BrNO/c1-9-8-11(14)6-7-12(9)15-13(16)10-4-2-3-5-10/h6-8,10H,2-5H2,1H3,(H,15,16). The van der Waals surface area contributed by atoms with Gasteiger partial charge in [-0.25, -0.2) is 0 Å². The average Bonchev–Trinajstić information content (AvgIpc) is 2.75. The van der Waals surface area contributed by atoms with E-state index >= 15 is 0 Å². The summed E-state index contributed by atoms with van der Waals surface area (Å²) in [6.45, 7) is 2.01. The first kappa shape index (κ1) is 11.6. The van der Waals surface area contributed by atoms with Crippen molar-refractivity contribution in [2.24, 2.45) is 5.92 Å². The molecule has 0 unspecified atom stereocenters. The number of benzene rings is 1. The second kappa shape index (κ2) is 5.00. The first-order valence-corrected chi connectivity index (χ1v) is 6.53. The summed E-state index contributed by atoms with van der Waals surface area (Å²) in [7, 11) is 0. The van der Waals surface area contributed by atoms with Crippen molar-refractivity contribution in [3.63, 3.8) is 0 Å². The van der Waals surface area contributed by atoms with Gasteiger partial charge in [0.25, 0.3) is 0 Å². The van der Waals surface area contributed by atoms with Gasteiger partial charge in [0.15, 0.2) is 0 Å². The number of anilines is 1. The van der Waals surface area contributed by atoms with Crippen molar-refractivity contribution >= 4 is 27.5 Å². The molecule has 1 aromatic carbocycles. The van der Waals surface area contributed by atoms with Crippen molar-refractivity contribution in [1.82, 2.24) is 0 Å². The van der Waals surface area contributed by atoms with Crippen LogP contribution in [0.15, 0.2) is 22.7 Å². The van der Waals surface area contributed by atoms with Gasteiger partial charge in [0.2, 0.25) is 5.91 Å². The van der Waals surface area contributed by atoms with Gasteiger partial charge in [0, 0.05) is 16.1 Å². The molecule has 2 nitrogen and oxygen atoms in total. The minimum Gasteiger partial charge on any atom is -0.326 e. The highest BCUT2D eigenvalue weighted by Crippen LogP contribution is 2.27. The molecule has 0 atom stereocenters. The Morgan fingerprint density at radius 1 is 1.38 bits per heavy atom. The molecule has 0 bridgehead atoms. The number of halogens is 1. The SMILES string of the molecule is Cc1cc(Br)ccc1NC(=O)C1CCCC1. The van der Waals surface area contributed by atoms with Crippen LogP contribution in [-0.2, 0) is 4.79 Å². The summed E-state index contributed by atoms with van der Waals surface area (Å²) >= 11 is 3.42. The molecule has 1 fully saturated rings. The number of rotatable bonds is 2. The lowest BCUT2D eigenvalue weighted by atomic mass is 10.1. The summed E-state index contributed by atoms with van der Waals surface area (Å²) in [5.41, 5.74) is 2.03. The van der Waals surface area contributed by atoms with Crippen LogP contribution < -0.4 is 5.32 Å². The zero-order valence-electron chi connectivity index (χ0n) is 9.42. The number of aryl methyl sites for hydroxylation is 1. The molecule has 1 saturated carbocycles. The predicted octanol–water partition coefficient (Wildman–Crippen LogP) is 3.89. The zero-order chi connectivity index (χ0) is 11.5. The molecule has 1 aliphatic rings. The normalized spacial score (nSPS) is 16.4. The summed E-state index contributed by atoms with van der Waals surface area (Å²) < 4.78 is 1.05. The van der Waals surface area contributed by atoms with Crippen LogP contribution in [0.2, 0.25) is 0 Å². The van der Waals surface area contributed by atoms with E-state index in [-0.39, 0.29) is 11.8 Å². The molecule has 16 heavy (non-hydrogen) atoms. The number of nitrogens with one attached hydrogen (secondary N) is 1. The van der Waals surface area contributed by atoms with Crippen LogP contribution >= 0.6 is 15.9 Å². The van der Waals surface area contributed by atoms with E-state index in [1.54, 1.807) is 0 Å². The van der Waals surface area contributed by atoms with Crippen molar-refractivity contribution in [2.45, 2.75) is 32.6 Å². The molecule has 0 aliphatic heterocycles. The lowest BCUT2D eigenvalue weighted by Crippen LogP contribution is -2.20. The third kappa shape index (κ3) is 2.64. The summed E-state index contributed by atoms with van der Waals surface area (Å²) in [5.74, 6) is 0.408. The fourth-order valence-electron chi connectivity index (χ4n) is 2.19. The fourth-order valence-corrected chi connectivity index (χ4v) is 2.67. The Bertz CT molecular complexity index is 397. The number of amides is 1. The molecule has 1 aliphatic carbocycles. The van der Waals surface area contributed by atoms with Gasteiger partial charge in [-0.2, -0.15) is 0 Å². The Morgan fingerprint density at radius 2 is 2.06 bits per heavy atom. The first-order valence-electron chi connectivity index (χ1n) is 5.74. The Labute approximate surface area is 105 Å². The van der Waals surface area contributed by atoms with Crippen molar-refractivity contribution in [3.8, 4) is 0 Å². The molecule has 86 valence electrons. The number of carbonyl (C=O) groups is 1. The fraction of sp³-hybridized carbons (Fsp3) is 0.462. The van der Waals surface area contributed by atoms with Crippen molar-refractivity contribution in [1.29, 1.82) is 0 Å². The Morgan fingerprint density at radius 3 is 2.69 bits per heavy atom. The van der Waals surface area contributed by atoms with Crippen LogP contribution in [0.25, 0.3) is 0 Å². The highest BCUT2D eigenvalue weighted by Gasteiger charge is 2.22. The van der Waals surface area contributed by atoms with Gasteiger partial charge < -0.3 is 5.32 Å². The van der Waals surface area contributed by atoms with Gasteiger partial charge in [-0.3, -0.25) is 4.79 Å². The smallest absolute Gasteiger partial charge is 0.227 e. The van der Waals surface area contributed by atoms with Gasteiger partial charge in [-0.1, -0.05) is 28.8 Å². The number of hydrogen-bond acceptors (Lipinski definition) is 1. The van der Waals surface area contributed by atoms with Crippen LogP contribution in [0.4, 0.5) is 5.69 Å². The van der Waals surface area contributed by atoms with E-state index in [2.05, 4.69) is 21.2 Å². The average molecular weight is 282 g/mol. The second-order valence-electron chi connectivity index (χ2n) is 4.43. The van der Waals surface area contributed by atoms with E-state index in [9.17, 15) is 4.79 Å². The molecule has 1 N–H and O–H groups in total. The quantitative estimate of drug-likeness (QED) is 0.876. The van der Waals surface area contributed by atoms with Crippen LogP contribution in [0.3, 0.4) is 0 Å². The molecule has 1 aromatic rings. The molecular formula is C13H16BrNO. The minimum atomic E-state index is 0.183. The Balaban J connectivity index is 2.05. The largest absolute Gasteiger partial charge is 0.326 e. The number of hydrogen-bond donors (Lipinski definition) is 1. The van der Waals surface area contributed by atoms with Crippen LogP contribution in [0, 0.1) is 12.8 Å². The monoisotopic (exact) mass is 281 g/mol. The molecule has 0 aromatic heterocycles. The predicted molar refractivity (Wildman–Crippen MR) is 69.5 cm³/mol. The lowest BCUT2D eigenvalue weighted by Gasteiger charge is -2.12. The molecule has 3 heteroatoms. The maximum atomic E-state index is 11.9. The molecule has 0 saturated heterocycles. The van der Waals surface area contributed by atoms with Gasteiger partial charge in [0.1, 0.15) is 0 Å². The second-order valence-corrected chi connectivity index (χ2v) is 5.35. The van der Waals surface area contributed by atoms with E-state index in [1.807, 2.05) is 25.1 Å². The minimum absolute atomic E-state index is 0.183. The van der Waals surface area contributed by atoms with E-state index in [1.165, 1.54) is 12.8 Å². The molecule has 0 heterocycles. The molecule has 2 rings (SSSR count). The van der Waals surface area contributed by atoms with E-state index in [0.717, 1.165) is 28.6 Å². The summed E-state index contributed by atoms with van der Waals surface area (Å²) in [6.07, 6.45) is 4.47. The summed E-state index contributed by atoms with van der Waals surface area (Å²) in [6, 6.07) is 5.92. The highest BCUT2D eigenvalue weighted by atomic mass is 79.9. The van der Waals surface area contributed by atoms with Crippen LogP contribution in [0.5, 0.6) is 0 Å². The van der Waals surface area contributed by atoms with E-state index in [4.69, 9.17) is 0 Å². The summed E-state index contributed by atoms with van der Waals surface area (Å²) in [4.78, 5) is 11.9. The van der Waals surface area contributed by atoms with Gasteiger partial charge in [-0.05, 0) is 43.5 Å². The maximum Gasteiger partial charge on any atom is 0.227 e.